The lowest BCUT2D eigenvalue weighted by Gasteiger charge is -2.09. The van der Waals surface area contributed by atoms with E-state index in [4.69, 9.17) is 11.6 Å². The van der Waals surface area contributed by atoms with Crippen molar-refractivity contribution < 1.29 is 18.0 Å². The fourth-order valence-electron chi connectivity index (χ4n) is 1.98. The molecule has 110 valence electrons. The molecule has 0 bridgehead atoms. The van der Waals surface area contributed by atoms with Gasteiger partial charge in [-0.15, -0.1) is 0 Å². The fraction of sp³-hybridized carbons (Fsp3) is 0.188. The Balaban J connectivity index is 2.24. The Bertz CT molecular complexity index is 677. The molecule has 0 aliphatic rings. The molecular weight excluding hydrogens is 301 g/mol. The van der Waals surface area contributed by atoms with Gasteiger partial charge in [-0.2, -0.15) is 13.2 Å². The van der Waals surface area contributed by atoms with Crippen LogP contribution in [0.3, 0.4) is 0 Å². The molecule has 0 spiro atoms. The minimum absolute atomic E-state index is 0.118. The van der Waals surface area contributed by atoms with Gasteiger partial charge in [0.1, 0.15) is 0 Å². The molecule has 21 heavy (non-hydrogen) atoms. The Labute approximate surface area is 125 Å². The number of hydrogen-bond donors (Lipinski definition) is 0. The summed E-state index contributed by atoms with van der Waals surface area (Å²) < 4.78 is 37.9. The van der Waals surface area contributed by atoms with Crippen molar-refractivity contribution in [1.29, 1.82) is 0 Å². The molecule has 2 aromatic carbocycles. The van der Waals surface area contributed by atoms with Gasteiger partial charge in [0.2, 0.25) is 0 Å². The third-order valence-corrected chi connectivity index (χ3v) is 3.36. The van der Waals surface area contributed by atoms with Gasteiger partial charge >= 0.3 is 6.18 Å². The predicted octanol–water partition coefficient (Wildman–Crippen LogP) is 5.09. The van der Waals surface area contributed by atoms with E-state index in [1.807, 2.05) is 6.92 Å². The van der Waals surface area contributed by atoms with Crippen molar-refractivity contribution in [1.82, 2.24) is 0 Å². The smallest absolute Gasteiger partial charge is 0.294 e. The maximum Gasteiger partial charge on any atom is 0.416 e. The molecule has 0 unspecified atom stereocenters. The average Bonchev–Trinajstić information content (AvgIpc) is 2.37. The van der Waals surface area contributed by atoms with Crippen LogP contribution in [0, 0.1) is 6.92 Å². The molecule has 1 nitrogen and oxygen atoms in total. The lowest BCUT2D eigenvalue weighted by Crippen LogP contribution is -2.08. The molecule has 0 saturated carbocycles. The normalized spacial score (nSPS) is 11.5. The average molecular weight is 313 g/mol. The second-order valence-corrected chi connectivity index (χ2v) is 5.19. The van der Waals surface area contributed by atoms with Crippen LogP contribution in [0.5, 0.6) is 0 Å². The van der Waals surface area contributed by atoms with Crippen LogP contribution in [0.15, 0.2) is 42.5 Å². The van der Waals surface area contributed by atoms with E-state index in [1.54, 1.807) is 18.2 Å². The van der Waals surface area contributed by atoms with Crippen molar-refractivity contribution in [3.8, 4) is 0 Å². The lowest BCUT2D eigenvalue weighted by atomic mass is 10.0. The number of rotatable bonds is 3. The zero-order valence-electron chi connectivity index (χ0n) is 11.2. The van der Waals surface area contributed by atoms with E-state index in [1.165, 1.54) is 12.1 Å². The highest BCUT2D eigenvalue weighted by atomic mass is 35.5. The minimum atomic E-state index is -4.42. The van der Waals surface area contributed by atoms with E-state index in [9.17, 15) is 18.0 Å². The summed E-state index contributed by atoms with van der Waals surface area (Å²) in [6.45, 7) is 1.84. The molecule has 0 amide bonds. The molecule has 0 heterocycles. The molecule has 2 aromatic rings. The van der Waals surface area contributed by atoms with Crippen LogP contribution in [-0.2, 0) is 12.6 Å². The van der Waals surface area contributed by atoms with Gasteiger partial charge in [0, 0.05) is 12.0 Å². The van der Waals surface area contributed by atoms with E-state index in [2.05, 4.69) is 0 Å². The van der Waals surface area contributed by atoms with E-state index in [0.717, 1.165) is 17.7 Å². The van der Waals surface area contributed by atoms with Gasteiger partial charge in [-0.1, -0.05) is 35.9 Å². The molecule has 0 atom stereocenters. The second kappa shape index (κ2) is 5.90. The van der Waals surface area contributed by atoms with Gasteiger partial charge < -0.3 is 0 Å². The molecule has 0 radical (unpaired) electrons. The summed E-state index contributed by atoms with van der Waals surface area (Å²) in [5.41, 5.74) is 0.782. The Morgan fingerprint density at radius 3 is 2.48 bits per heavy atom. The first-order valence-electron chi connectivity index (χ1n) is 6.23. The standard InChI is InChI=1S/C16H12ClF3O/c1-10-5-6-13(14(17)7-10)15(21)9-11-3-2-4-12(8-11)16(18,19)20/h2-8H,9H2,1H3. The number of aryl methyl sites for hydroxylation is 1. The van der Waals surface area contributed by atoms with Crippen molar-refractivity contribution in [2.45, 2.75) is 19.5 Å². The maximum atomic E-state index is 12.6. The minimum Gasteiger partial charge on any atom is -0.294 e. The zero-order valence-corrected chi connectivity index (χ0v) is 11.9. The largest absolute Gasteiger partial charge is 0.416 e. The number of hydrogen-bond acceptors (Lipinski definition) is 1. The van der Waals surface area contributed by atoms with E-state index >= 15 is 0 Å². The Hall–Kier alpha value is -1.81. The van der Waals surface area contributed by atoms with Crippen LogP contribution in [0.1, 0.15) is 27.0 Å². The Kier molecular flexibility index (Phi) is 4.37. The van der Waals surface area contributed by atoms with E-state index in [-0.39, 0.29) is 12.2 Å². The van der Waals surface area contributed by atoms with Gasteiger partial charge in [-0.05, 0) is 36.2 Å². The van der Waals surface area contributed by atoms with Crippen LogP contribution >= 0.6 is 11.6 Å². The number of ketones is 1. The predicted molar refractivity (Wildman–Crippen MR) is 75.7 cm³/mol. The molecule has 0 saturated heterocycles. The topological polar surface area (TPSA) is 17.1 Å². The summed E-state index contributed by atoms with van der Waals surface area (Å²) in [7, 11) is 0. The lowest BCUT2D eigenvalue weighted by molar-refractivity contribution is -0.137. The van der Waals surface area contributed by atoms with Crippen LogP contribution in [-0.4, -0.2) is 5.78 Å². The number of halogens is 4. The van der Waals surface area contributed by atoms with Gasteiger partial charge in [0.25, 0.3) is 0 Å². The highest BCUT2D eigenvalue weighted by molar-refractivity contribution is 6.34. The summed E-state index contributed by atoms with van der Waals surface area (Å²) in [5.74, 6) is -0.306. The molecule has 0 aromatic heterocycles. The zero-order chi connectivity index (χ0) is 15.6. The first-order valence-corrected chi connectivity index (χ1v) is 6.60. The van der Waals surface area contributed by atoms with Gasteiger partial charge in [0.05, 0.1) is 10.6 Å². The number of benzene rings is 2. The number of carbonyl (C=O) groups is 1. The maximum absolute atomic E-state index is 12.6. The highest BCUT2D eigenvalue weighted by Crippen LogP contribution is 2.30. The van der Waals surface area contributed by atoms with E-state index in [0.29, 0.717) is 16.1 Å². The highest BCUT2D eigenvalue weighted by Gasteiger charge is 2.30. The number of Topliss-reactive ketones (excluding diaryl/α,β-unsaturated/α-hetero) is 1. The molecule has 0 aliphatic heterocycles. The monoisotopic (exact) mass is 312 g/mol. The molecular formula is C16H12ClF3O. The third kappa shape index (κ3) is 3.85. The van der Waals surface area contributed by atoms with Crippen molar-refractivity contribution in [2.75, 3.05) is 0 Å². The number of carbonyl (C=O) groups excluding carboxylic acids is 1. The molecule has 0 aliphatic carbocycles. The summed E-state index contributed by atoms with van der Waals surface area (Å²) >= 11 is 5.99. The molecule has 0 N–H and O–H groups in total. The fourth-order valence-corrected chi connectivity index (χ4v) is 2.33. The van der Waals surface area contributed by atoms with E-state index < -0.39 is 11.7 Å². The van der Waals surface area contributed by atoms with Crippen molar-refractivity contribution in [2.24, 2.45) is 0 Å². The van der Waals surface area contributed by atoms with Crippen LogP contribution in [0.2, 0.25) is 5.02 Å². The van der Waals surface area contributed by atoms with Crippen LogP contribution in [0.25, 0.3) is 0 Å². The summed E-state index contributed by atoms with van der Waals surface area (Å²) in [6, 6.07) is 9.74. The summed E-state index contributed by atoms with van der Waals surface area (Å²) in [6.07, 6.45) is -4.53. The Morgan fingerprint density at radius 2 is 1.86 bits per heavy atom. The van der Waals surface area contributed by atoms with Crippen molar-refractivity contribution >= 4 is 17.4 Å². The first kappa shape index (κ1) is 15.6. The van der Waals surface area contributed by atoms with Crippen molar-refractivity contribution in [3.05, 3.63) is 69.7 Å². The molecule has 0 fully saturated rings. The second-order valence-electron chi connectivity index (χ2n) is 4.78. The van der Waals surface area contributed by atoms with Crippen molar-refractivity contribution in [3.63, 3.8) is 0 Å². The van der Waals surface area contributed by atoms with Gasteiger partial charge in [-0.25, -0.2) is 0 Å². The third-order valence-electron chi connectivity index (χ3n) is 3.04. The summed E-state index contributed by atoms with van der Waals surface area (Å²) in [4.78, 5) is 12.1. The quantitative estimate of drug-likeness (QED) is 0.721. The number of alkyl halides is 3. The molecule has 2 rings (SSSR count). The van der Waals surface area contributed by atoms with Crippen LogP contribution in [0.4, 0.5) is 13.2 Å². The van der Waals surface area contributed by atoms with Crippen LogP contribution < -0.4 is 0 Å². The van der Waals surface area contributed by atoms with Gasteiger partial charge in [-0.3, -0.25) is 4.79 Å². The summed E-state index contributed by atoms with van der Waals surface area (Å²) in [5, 5.41) is 0.312. The molecule has 5 heteroatoms. The Morgan fingerprint density at radius 1 is 1.14 bits per heavy atom. The first-order chi connectivity index (χ1) is 9.77. The SMILES string of the molecule is Cc1ccc(C(=O)Cc2cccc(C(F)(F)F)c2)c(Cl)c1. The van der Waals surface area contributed by atoms with Gasteiger partial charge in [0.15, 0.2) is 5.78 Å².